The standard InChI is InChI=1S/C13H13Br2N3O/c1-18-8-9(7-17-18)2-3-16-13(19)10-4-11(14)6-12(15)5-10/h4-8H,2-3H2,1H3,(H,16,19). The number of hydrogen-bond acceptors (Lipinski definition) is 2. The van der Waals surface area contributed by atoms with Gasteiger partial charge in [0.05, 0.1) is 6.20 Å². The number of aromatic nitrogens is 2. The molecule has 0 unspecified atom stereocenters. The maximum atomic E-state index is 12.0. The molecule has 4 nitrogen and oxygen atoms in total. The fraction of sp³-hybridized carbons (Fsp3) is 0.231. The predicted molar refractivity (Wildman–Crippen MR) is 81.1 cm³/mol. The number of carbonyl (C=O) groups excluding carboxylic acids is 1. The molecular formula is C13H13Br2N3O. The molecule has 0 bridgehead atoms. The van der Waals surface area contributed by atoms with Gasteiger partial charge in [0.15, 0.2) is 0 Å². The number of benzene rings is 1. The van der Waals surface area contributed by atoms with Crippen molar-refractivity contribution in [1.82, 2.24) is 15.1 Å². The summed E-state index contributed by atoms with van der Waals surface area (Å²) < 4.78 is 3.50. The van der Waals surface area contributed by atoms with Crippen molar-refractivity contribution in [2.24, 2.45) is 7.05 Å². The number of rotatable bonds is 4. The van der Waals surface area contributed by atoms with Gasteiger partial charge in [-0.05, 0) is 30.2 Å². The summed E-state index contributed by atoms with van der Waals surface area (Å²) in [5.74, 6) is -0.0779. The first-order valence-corrected chi connectivity index (χ1v) is 7.35. The lowest BCUT2D eigenvalue weighted by molar-refractivity contribution is 0.0954. The number of amides is 1. The van der Waals surface area contributed by atoms with Crippen LogP contribution in [0, 0.1) is 0 Å². The maximum absolute atomic E-state index is 12.0. The smallest absolute Gasteiger partial charge is 0.251 e. The number of nitrogens with zero attached hydrogens (tertiary/aromatic N) is 2. The highest BCUT2D eigenvalue weighted by atomic mass is 79.9. The lowest BCUT2D eigenvalue weighted by atomic mass is 10.2. The molecule has 0 aliphatic carbocycles. The van der Waals surface area contributed by atoms with E-state index in [1.54, 1.807) is 16.8 Å². The number of hydrogen-bond donors (Lipinski definition) is 1. The van der Waals surface area contributed by atoms with Gasteiger partial charge in [0.2, 0.25) is 0 Å². The van der Waals surface area contributed by atoms with E-state index in [2.05, 4.69) is 42.3 Å². The van der Waals surface area contributed by atoms with Crippen molar-refractivity contribution < 1.29 is 4.79 Å². The molecule has 0 aliphatic heterocycles. The molecule has 0 spiro atoms. The second kappa shape index (κ2) is 6.34. The molecule has 2 aromatic rings. The van der Waals surface area contributed by atoms with Crippen LogP contribution in [0.3, 0.4) is 0 Å². The minimum Gasteiger partial charge on any atom is -0.352 e. The van der Waals surface area contributed by atoms with Crippen molar-refractivity contribution in [3.05, 3.63) is 50.7 Å². The summed E-state index contributed by atoms with van der Waals surface area (Å²) in [6.45, 7) is 0.592. The molecule has 100 valence electrons. The second-order valence-electron chi connectivity index (χ2n) is 4.19. The third-order valence-electron chi connectivity index (χ3n) is 2.58. The highest BCUT2D eigenvalue weighted by Crippen LogP contribution is 2.19. The first-order valence-electron chi connectivity index (χ1n) is 5.76. The molecule has 1 aromatic heterocycles. The molecule has 1 N–H and O–H groups in total. The first kappa shape index (κ1) is 14.3. The second-order valence-corrected chi connectivity index (χ2v) is 6.02. The van der Waals surface area contributed by atoms with E-state index in [1.807, 2.05) is 25.5 Å². The third-order valence-corrected chi connectivity index (χ3v) is 3.50. The van der Waals surface area contributed by atoms with Crippen molar-refractivity contribution in [3.63, 3.8) is 0 Å². The van der Waals surface area contributed by atoms with Gasteiger partial charge in [-0.2, -0.15) is 5.10 Å². The third kappa shape index (κ3) is 4.18. The van der Waals surface area contributed by atoms with E-state index in [0.717, 1.165) is 20.9 Å². The van der Waals surface area contributed by atoms with Gasteiger partial charge in [-0.1, -0.05) is 31.9 Å². The van der Waals surface area contributed by atoms with Crippen molar-refractivity contribution in [2.45, 2.75) is 6.42 Å². The van der Waals surface area contributed by atoms with E-state index in [4.69, 9.17) is 0 Å². The Labute approximate surface area is 128 Å². The van der Waals surface area contributed by atoms with E-state index >= 15 is 0 Å². The number of carbonyl (C=O) groups is 1. The molecule has 0 saturated carbocycles. The average molecular weight is 387 g/mol. The largest absolute Gasteiger partial charge is 0.352 e. The van der Waals surface area contributed by atoms with Gasteiger partial charge in [-0.3, -0.25) is 9.48 Å². The molecular weight excluding hydrogens is 374 g/mol. The van der Waals surface area contributed by atoms with Crippen LogP contribution < -0.4 is 5.32 Å². The molecule has 0 aliphatic rings. The quantitative estimate of drug-likeness (QED) is 0.878. The van der Waals surface area contributed by atoms with E-state index < -0.39 is 0 Å². The zero-order valence-corrected chi connectivity index (χ0v) is 13.5. The van der Waals surface area contributed by atoms with E-state index in [0.29, 0.717) is 12.1 Å². The summed E-state index contributed by atoms with van der Waals surface area (Å²) >= 11 is 6.74. The Morgan fingerprint density at radius 3 is 2.58 bits per heavy atom. The topological polar surface area (TPSA) is 46.9 Å². The maximum Gasteiger partial charge on any atom is 0.251 e. The van der Waals surface area contributed by atoms with Crippen LogP contribution in [0.4, 0.5) is 0 Å². The normalized spacial score (nSPS) is 10.5. The molecule has 1 amide bonds. The molecule has 0 fully saturated rings. The monoisotopic (exact) mass is 385 g/mol. The van der Waals surface area contributed by atoms with Crippen LogP contribution in [0.1, 0.15) is 15.9 Å². The molecule has 0 radical (unpaired) electrons. The summed E-state index contributed by atoms with van der Waals surface area (Å²) in [4.78, 5) is 12.0. The highest BCUT2D eigenvalue weighted by molar-refractivity contribution is 9.11. The van der Waals surface area contributed by atoms with Gasteiger partial charge in [0, 0.05) is 34.3 Å². The number of halogens is 2. The summed E-state index contributed by atoms with van der Waals surface area (Å²) in [6, 6.07) is 5.49. The zero-order chi connectivity index (χ0) is 13.8. The lowest BCUT2D eigenvalue weighted by Gasteiger charge is -2.05. The molecule has 1 aromatic carbocycles. The van der Waals surface area contributed by atoms with Crippen molar-refractivity contribution in [3.8, 4) is 0 Å². The molecule has 6 heteroatoms. The van der Waals surface area contributed by atoms with Gasteiger partial charge >= 0.3 is 0 Å². The van der Waals surface area contributed by atoms with Crippen molar-refractivity contribution in [1.29, 1.82) is 0 Å². The fourth-order valence-corrected chi connectivity index (χ4v) is 3.00. The Balaban J connectivity index is 1.90. The highest BCUT2D eigenvalue weighted by Gasteiger charge is 2.07. The van der Waals surface area contributed by atoms with Gasteiger partial charge in [0.25, 0.3) is 5.91 Å². The Morgan fingerprint density at radius 1 is 1.32 bits per heavy atom. The van der Waals surface area contributed by atoms with E-state index in [9.17, 15) is 4.79 Å². The average Bonchev–Trinajstić information content (AvgIpc) is 2.73. The fourth-order valence-electron chi connectivity index (χ4n) is 1.71. The summed E-state index contributed by atoms with van der Waals surface area (Å²) in [7, 11) is 1.88. The van der Waals surface area contributed by atoms with Gasteiger partial charge in [-0.25, -0.2) is 0 Å². The molecule has 2 rings (SSSR count). The van der Waals surface area contributed by atoms with Gasteiger partial charge < -0.3 is 5.32 Å². The van der Waals surface area contributed by atoms with Crippen LogP contribution >= 0.6 is 31.9 Å². The first-order chi connectivity index (χ1) is 9.04. The SMILES string of the molecule is Cn1cc(CCNC(=O)c2cc(Br)cc(Br)c2)cn1. The Bertz CT molecular complexity index is 575. The molecule has 1 heterocycles. The Hall–Kier alpha value is -1.14. The van der Waals surface area contributed by atoms with Crippen LogP contribution in [0.15, 0.2) is 39.5 Å². The lowest BCUT2D eigenvalue weighted by Crippen LogP contribution is -2.25. The minimum absolute atomic E-state index is 0.0779. The van der Waals surface area contributed by atoms with Crippen LogP contribution in [0.25, 0.3) is 0 Å². The molecule has 0 saturated heterocycles. The Kier molecular flexibility index (Phi) is 4.76. The van der Waals surface area contributed by atoms with Crippen molar-refractivity contribution in [2.75, 3.05) is 6.54 Å². The zero-order valence-electron chi connectivity index (χ0n) is 10.4. The summed E-state index contributed by atoms with van der Waals surface area (Å²) in [6.07, 6.45) is 4.53. The summed E-state index contributed by atoms with van der Waals surface area (Å²) in [5.41, 5.74) is 1.74. The minimum atomic E-state index is -0.0779. The Morgan fingerprint density at radius 2 is 2.00 bits per heavy atom. The van der Waals surface area contributed by atoms with Crippen LogP contribution in [0.2, 0.25) is 0 Å². The molecule has 0 atom stereocenters. The van der Waals surface area contributed by atoms with Crippen LogP contribution in [-0.4, -0.2) is 22.2 Å². The van der Waals surface area contributed by atoms with Gasteiger partial charge in [0.1, 0.15) is 0 Å². The summed E-state index contributed by atoms with van der Waals surface area (Å²) in [5, 5.41) is 6.98. The van der Waals surface area contributed by atoms with Crippen LogP contribution in [-0.2, 0) is 13.5 Å². The van der Waals surface area contributed by atoms with Crippen LogP contribution in [0.5, 0.6) is 0 Å². The van der Waals surface area contributed by atoms with E-state index in [-0.39, 0.29) is 5.91 Å². The van der Waals surface area contributed by atoms with Gasteiger partial charge in [-0.15, -0.1) is 0 Å². The van der Waals surface area contributed by atoms with Crippen molar-refractivity contribution >= 4 is 37.8 Å². The predicted octanol–water partition coefficient (Wildman–Crippen LogP) is 2.92. The molecule has 19 heavy (non-hydrogen) atoms. The number of aryl methyl sites for hydroxylation is 1. The van der Waals surface area contributed by atoms with E-state index in [1.165, 1.54) is 0 Å². The number of nitrogens with one attached hydrogen (secondary N) is 1.